The fraction of sp³-hybridized carbons (Fsp3) is 0.0556. The minimum atomic E-state index is -0.807. The number of carbonyl (C=O) groups is 1. The molecular formula is C18H14CdN2O3+2. The average Bonchev–Trinajstić information content (AvgIpc) is 2.60. The van der Waals surface area contributed by atoms with Crippen molar-refractivity contribution in [2.45, 2.75) is 0 Å². The van der Waals surface area contributed by atoms with E-state index in [0.29, 0.717) is 16.8 Å². The van der Waals surface area contributed by atoms with E-state index in [4.69, 9.17) is 0 Å². The average molecular weight is 419 g/mol. The van der Waals surface area contributed by atoms with Crippen molar-refractivity contribution in [1.82, 2.24) is 9.78 Å². The molecule has 0 bridgehead atoms. The van der Waals surface area contributed by atoms with E-state index < -0.39 is 16.8 Å². The van der Waals surface area contributed by atoms with Crippen molar-refractivity contribution in [3.8, 4) is 11.3 Å². The van der Waals surface area contributed by atoms with E-state index in [-0.39, 0.29) is 32.9 Å². The molecule has 0 amide bonds. The summed E-state index contributed by atoms with van der Waals surface area (Å²) in [6.45, 7) is 0. The van der Waals surface area contributed by atoms with Gasteiger partial charge in [-0.3, -0.25) is 24.2 Å². The van der Waals surface area contributed by atoms with Gasteiger partial charge in [-0.15, -0.1) is 0 Å². The van der Waals surface area contributed by atoms with Gasteiger partial charge in [-0.25, -0.2) is 0 Å². The summed E-state index contributed by atoms with van der Waals surface area (Å²) in [4.78, 5) is 37.2. The fourth-order valence-corrected chi connectivity index (χ4v) is 2.41. The number of hydrogen-bond donors (Lipinski definition) is 1. The Balaban J connectivity index is 0.00000208. The van der Waals surface area contributed by atoms with E-state index in [1.54, 1.807) is 54.6 Å². The van der Waals surface area contributed by atoms with Crippen molar-refractivity contribution >= 4 is 5.78 Å². The molecule has 0 aliphatic heterocycles. The van der Waals surface area contributed by atoms with Crippen molar-refractivity contribution < 1.29 is 32.1 Å². The third-order valence-corrected chi connectivity index (χ3v) is 3.58. The van der Waals surface area contributed by atoms with Crippen LogP contribution in [0, 0.1) is 0 Å². The standard InChI is InChI=1S/C18H14N2O3.Cd/c1-20-18(23)17(22)14(16(21)13-10-6-3-7-11-13)15(19-20)12-8-4-2-5-9-12;/h2-11,19H,1H3;/q;+2. The summed E-state index contributed by atoms with van der Waals surface area (Å²) in [5, 5.41) is 2.84. The van der Waals surface area contributed by atoms with E-state index in [1.165, 1.54) is 7.05 Å². The van der Waals surface area contributed by atoms with Crippen molar-refractivity contribution in [3.05, 3.63) is 92.4 Å². The first-order valence-electron chi connectivity index (χ1n) is 7.08. The molecule has 3 aromatic rings. The molecular weight excluding hydrogens is 405 g/mol. The number of H-pyrrole nitrogens is 1. The van der Waals surface area contributed by atoms with Crippen LogP contribution in [-0.4, -0.2) is 15.6 Å². The minimum Gasteiger partial charge on any atom is -0.294 e. The van der Waals surface area contributed by atoms with Crippen LogP contribution in [0.1, 0.15) is 15.9 Å². The number of aromatic nitrogens is 2. The SMILES string of the molecule is Cn1[nH]c(-c2ccccc2)c(C(=O)c2ccccc2)c(=O)c1=O.[Cd+2]. The molecule has 6 heteroatoms. The second-order valence-corrected chi connectivity index (χ2v) is 5.12. The molecule has 0 fully saturated rings. The quantitative estimate of drug-likeness (QED) is 0.401. The molecule has 0 radical (unpaired) electrons. The van der Waals surface area contributed by atoms with Crippen LogP contribution in [-0.2, 0) is 34.3 Å². The molecule has 1 N–H and O–H groups in total. The number of aromatic amines is 1. The molecule has 0 saturated carbocycles. The molecule has 0 aliphatic carbocycles. The van der Waals surface area contributed by atoms with Gasteiger partial charge >= 0.3 is 32.9 Å². The number of nitrogens with one attached hydrogen (secondary N) is 1. The Morgan fingerprint density at radius 3 is 2.04 bits per heavy atom. The summed E-state index contributed by atoms with van der Waals surface area (Å²) < 4.78 is 1.09. The first-order valence-corrected chi connectivity index (χ1v) is 7.08. The van der Waals surface area contributed by atoms with E-state index in [1.807, 2.05) is 6.07 Å². The molecule has 3 rings (SSSR count). The van der Waals surface area contributed by atoms with Crippen LogP contribution < -0.4 is 11.0 Å². The van der Waals surface area contributed by atoms with Crippen LogP contribution in [0.3, 0.4) is 0 Å². The zero-order chi connectivity index (χ0) is 16.4. The molecule has 0 spiro atoms. The second kappa shape index (κ2) is 7.52. The number of aryl methyl sites for hydroxylation is 1. The number of rotatable bonds is 3. The second-order valence-electron chi connectivity index (χ2n) is 5.12. The van der Waals surface area contributed by atoms with Crippen LogP contribution >= 0.6 is 0 Å². The molecule has 5 nitrogen and oxygen atoms in total. The molecule has 0 aliphatic rings. The Morgan fingerprint density at radius 1 is 0.917 bits per heavy atom. The van der Waals surface area contributed by atoms with Gasteiger partial charge in [0.05, 0.1) is 5.69 Å². The number of benzene rings is 2. The first kappa shape index (κ1) is 18.1. The van der Waals surface area contributed by atoms with Gasteiger partial charge in [0.2, 0.25) is 0 Å². The third kappa shape index (κ3) is 3.30. The van der Waals surface area contributed by atoms with Crippen LogP contribution in [0.25, 0.3) is 11.3 Å². The molecule has 0 saturated heterocycles. The largest absolute Gasteiger partial charge is 2.00 e. The van der Waals surface area contributed by atoms with E-state index >= 15 is 0 Å². The Kier molecular flexibility index (Phi) is 5.66. The van der Waals surface area contributed by atoms with Crippen LogP contribution in [0.5, 0.6) is 0 Å². The van der Waals surface area contributed by atoms with Gasteiger partial charge in [0.25, 0.3) is 5.43 Å². The zero-order valence-corrected chi connectivity index (χ0v) is 17.2. The van der Waals surface area contributed by atoms with Gasteiger partial charge in [0.1, 0.15) is 5.56 Å². The summed E-state index contributed by atoms with van der Waals surface area (Å²) in [6, 6.07) is 17.4. The maximum atomic E-state index is 12.8. The topological polar surface area (TPSA) is 71.9 Å². The molecule has 1 aromatic heterocycles. The van der Waals surface area contributed by atoms with Gasteiger partial charge in [-0.2, -0.15) is 0 Å². The van der Waals surface area contributed by atoms with E-state index in [2.05, 4.69) is 5.10 Å². The molecule has 1 heterocycles. The van der Waals surface area contributed by atoms with Gasteiger partial charge in [-0.1, -0.05) is 60.7 Å². The predicted molar refractivity (Wildman–Crippen MR) is 87.6 cm³/mol. The van der Waals surface area contributed by atoms with Crippen LogP contribution in [0.2, 0.25) is 0 Å². The Labute approximate surface area is 158 Å². The summed E-state index contributed by atoms with van der Waals surface area (Å²) in [6.07, 6.45) is 0. The summed E-state index contributed by atoms with van der Waals surface area (Å²) >= 11 is 0. The van der Waals surface area contributed by atoms with Crippen LogP contribution in [0.15, 0.2) is 70.3 Å². The minimum absolute atomic E-state index is 0. The number of carbonyl (C=O) groups excluding carboxylic acids is 1. The summed E-state index contributed by atoms with van der Waals surface area (Å²) in [5.41, 5.74) is -0.331. The van der Waals surface area contributed by atoms with Crippen molar-refractivity contribution in [1.29, 1.82) is 0 Å². The molecule has 0 unspecified atom stereocenters. The predicted octanol–water partition coefficient (Wildman–Crippen LogP) is 1.97. The van der Waals surface area contributed by atoms with Gasteiger partial charge in [0, 0.05) is 18.2 Å². The fourth-order valence-electron chi connectivity index (χ4n) is 2.41. The number of ketones is 1. The zero-order valence-electron chi connectivity index (χ0n) is 13.2. The van der Waals surface area contributed by atoms with E-state index in [0.717, 1.165) is 4.68 Å². The van der Waals surface area contributed by atoms with Gasteiger partial charge < -0.3 is 0 Å². The van der Waals surface area contributed by atoms with Crippen LogP contribution in [0.4, 0.5) is 0 Å². The molecule has 2 aromatic carbocycles. The van der Waals surface area contributed by atoms with Gasteiger partial charge in [-0.05, 0) is 0 Å². The molecule has 24 heavy (non-hydrogen) atoms. The Morgan fingerprint density at radius 2 is 1.46 bits per heavy atom. The first-order chi connectivity index (χ1) is 11.1. The van der Waals surface area contributed by atoms with E-state index in [9.17, 15) is 14.4 Å². The van der Waals surface area contributed by atoms with Crippen molar-refractivity contribution in [3.63, 3.8) is 0 Å². The monoisotopic (exact) mass is 420 g/mol. The molecule has 0 atom stereocenters. The number of nitrogens with zero attached hydrogens (tertiary/aromatic N) is 1. The number of hydrogen-bond acceptors (Lipinski definition) is 3. The van der Waals surface area contributed by atoms with Gasteiger partial charge in [0.15, 0.2) is 5.78 Å². The Hall–Kier alpha value is -2.29. The van der Waals surface area contributed by atoms with Crippen molar-refractivity contribution in [2.75, 3.05) is 0 Å². The third-order valence-electron chi connectivity index (χ3n) is 3.58. The normalized spacial score (nSPS) is 10.0. The van der Waals surface area contributed by atoms with Crippen molar-refractivity contribution in [2.24, 2.45) is 7.05 Å². The molecule has 114 valence electrons. The maximum Gasteiger partial charge on any atom is 2.00 e. The summed E-state index contributed by atoms with van der Waals surface area (Å²) in [5.74, 6) is -0.469. The smallest absolute Gasteiger partial charge is 0.294 e. The summed E-state index contributed by atoms with van der Waals surface area (Å²) in [7, 11) is 1.45. The maximum absolute atomic E-state index is 12.8. The Bertz CT molecular complexity index is 977.